The van der Waals surface area contributed by atoms with E-state index in [0.29, 0.717) is 5.92 Å². The van der Waals surface area contributed by atoms with Gasteiger partial charge in [0.1, 0.15) is 11.3 Å². The van der Waals surface area contributed by atoms with Gasteiger partial charge in [-0.25, -0.2) is 0 Å². The number of benzene rings is 1. The molecule has 0 amide bonds. The summed E-state index contributed by atoms with van der Waals surface area (Å²) in [5.41, 5.74) is 3.65. The molecule has 15 heavy (non-hydrogen) atoms. The Labute approximate surface area is 88.8 Å². The van der Waals surface area contributed by atoms with Gasteiger partial charge in [-0.1, -0.05) is 6.92 Å². The molecule has 1 aliphatic carbocycles. The summed E-state index contributed by atoms with van der Waals surface area (Å²) in [6, 6.07) is 4.00. The van der Waals surface area contributed by atoms with E-state index in [2.05, 4.69) is 6.92 Å². The minimum Gasteiger partial charge on any atom is -0.496 e. The lowest BCUT2D eigenvalue weighted by Gasteiger charge is -2.19. The van der Waals surface area contributed by atoms with Gasteiger partial charge in [0.15, 0.2) is 0 Å². The molecule has 0 aliphatic heterocycles. The van der Waals surface area contributed by atoms with Crippen molar-refractivity contribution < 1.29 is 9.15 Å². The molecule has 1 heterocycles. The van der Waals surface area contributed by atoms with Gasteiger partial charge < -0.3 is 9.15 Å². The number of rotatable bonds is 1. The molecule has 3 rings (SSSR count). The number of furan rings is 1. The fraction of sp³-hybridized carbons (Fsp3) is 0.385. The Kier molecular flexibility index (Phi) is 1.78. The van der Waals surface area contributed by atoms with Crippen molar-refractivity contribution in [3.05, 3.63) is 29.5 Å². The van der Waals surface area contributed by atoms with Crippen LogP contribution >= 0.6 is 0 Å². The summed E-state index contributed by atoms with van der Waals surface area (Å²) < 4.78 is 11.0. The number of ether oxygens (including phenoxy) is 1. The summed E-state index contributed by atoms with van der Waals surface area (Å²) >= 11 is 0. The standard InChI is InChI=1S/C13H14O2/c1-8-3-4-9-11(14-2)5-6-12-13(9)10(8)7-15-12/h5-8H,3-4H2,1-2H3. The summed E-state index contributed by atoms with van der Waals surface area (Å²) in [5, 5.41) is 1.29. The van der Waals surface area contributed by atoms with Crippen molar-refractivity contribution in [2.45, 2.75) is 25.7 Å². The highest BCUT2D eigenvalue weighted by Gasteiger charge is 2.23. The van der Waals surface area contributed by atoms with Crippen molar-refractivity contribution >= 4 is 11.0 Å². The third-order valence-corrected chi connectivity index (χ3v) is 3.41. The first-order valence-electron chi connectivity index (χ1n) is 5.38. The van der Waals surface area contributed by atoms with Gasteiger partial charge in [0.25, 0.3) is 0 Å². The second kappa shape index (κ2) is 3.02. The Morgan fingerprint density at radius 3 is 3.07 bits per heavy atom. The molecule has 1 aliphatic rings. The van der Waals surface area contributed by atoms with Gasteiger partial charge in [0.05, 0.1) is 13.4 Å². The van der Waals surface area contributed by atoms with E-state index in [0.717, 1.165) is 17.8 Å². The van der Waals surface area contributed by atoms with Crippen molar-refractivity contribution in [2.24, 2.45) is 0 Å². The fourth-order valence-corrected chi connectivity index (χ4v) is 2.53. The summed E-state index contributed by atoms with van der Waals surface area (Å²) in [5.74, 6) is 1.60. The van der Waals surface area contributed by atoms with Crippen LogP contribution in [0.2, 0.25) is 0 Å². The van der Waals surface area contributed by atoms with Crippen LogP contribution in [-0.2, 0) is 6.42 Å². The van der Waals surface area contributed by atoms with Gasteiger partial charge in [0, 0.05) is 16.5 Å². The largest absolute Gasteiger partial charge is 0.496 e. The van der Waals surface area contributed by atoms with Crippen LogP contribution in [0.25, 0.3) is 11.0 Å². The molecule has 2 nitrogen and oxygen atoms in total. The number of methoxy groups -OCH3 is 1. The van der Waals surface area contributed by atoms with Gasteiger partial charge in [-0.15, -0.1) is 0 Å². The van der Waals surface area contributed by atoms with E-state index in [-0.39, 0.29) is 0 Å². The quantitative estimate of drug-likeness (QED) is 0.706. The highest BCUT2D eigenvalue weighted by atomic mass is 16.5. The molecule has 0 saturated carbocycles. The van der Waals surface area contributed by atoms with E-state index in [1.165, 1.54) is 22.9 Å². The lowest BCUT2D eigenvalue weighted by Crippen LogP contribution is -2.04. The summed E-state index contributed by atoms with van der Waals surface area (Å²) in [4.78, 5) is 0. The highest BCUT2D eigenvalue weighted by Crippen LogP contribution is 2.41. The summed E-state index contributed by atoms with van der Waals surface area (Å²) in [7, 11) is 1.73. The molecule has 1 unspecified atom stereocenters. The van der Waals surface area contributed by atoms with Crippen LogP contribution in [0, 0.1) is 0 Å². The molecule has 78 valence electrons. The van der Waals surface area contributed by atoms with E-state index in [4.69, 9.17) is 9.15 Å². The van der Waals surface area contributed by atoms with Crippen LogP contribution in [0.3, 0.4) is 0 Å². The third-order valence-electron chi connectivity index (χ3n) is 3.41. The van der Waals surface area contributed by atoms with Crippen LogP contribution < -0.4 is 4.74 Å². The van der Waals surface area contributed by atoms with Gasteiger partial charge in [-0.3, -0.25) is 0 Å². The maximum atomic E-state index is 5.58. The lowest BCUT2D eigenvalue weighted by atomic mass is 9.85. The van der Waals surface area contributed by atoms with Gasteiger partial charge in [-0.2, -0.15) is 0 Å². The first-order chi connectivity index (χ1) is 7.31. The average molecular weight is 202 g/mol. The van der Waals surface area contributed by atoms with Crippen molar-refractivity contribution in [3.63, 3.8) is 0 Å². The molecule has 0 radical (unpaired) electrons. The maximum absolute atomic E-state index is 5.58. The summed E-state index contributed by atoms with van der Waals surface area (Å²) in [6.07, 6.45) is 4.17. The second-order valence-electron chi connectivity index (χ2n) is 4.25. The monoisotopic (exact) mass is 202 g/mol. The molecule has 0 spiro atoms. The predicted octanol–water partition coefficient (Wildman–Crippen LogP) is 3.49. The fourth-order valence-electron chi connectivity index (χ4n) is 2.53. The Hall–Kier alpha value is -1.44. The Morgan fingerprint density at radius 2 is 2.27 bits per heavy atom. The first-order valence-corrected chi connectivity index (χ1v) is 5.38. The minimum atomic E-state index is 0.603. The molecule has 1 aromatic carbocycles. The normalized spacial score (nSPS) is 19.5. The third kappa shape index (κ3) is 1.11. The smallest absolute Gasteiger partial charge is 0.134 e. The Bertz CT molecular complexity index is 510. The summed E-state index contributed by atoms with van der Waals surface area (Å²) in [6.45, 7) is 2.26. The van der Waals surface area contributed by atoms with Crippen LogP contribution in [0.1, 0.15) is 30.4 Å². The Balaban J connectivity index is 2.39. The average Bonchev–Trinajstić information content (AvgIpc) is 2.69. The van der Waals surface area contributed by atoms with Crippen molar-refractivity contribution in [1.29, 1.82) is 0 Å². The van der Waals surface area contributed by atoms with E-state index in [1.54, 1.807) is 7.11 Å². The molecule has 2 heteroatoms. The second-order valence-corrected chi connectivity index (χ2v) is 4.25. The highest BCUT2D eigenvalue weighted by molar-refractivity contribution is 5.88. The molecule has 0 N–H and O–H groups in total. The molecule has 0 saturated heterocycles. The van der Waals surface area contributed by atoms with Gasteiger partial charge in [0.2, 0.25) is 0 Å². The maximum Gasteiger partial charge on any atom is 0.134 e. The molecular formula is C13H14O2. The molecular weight excluding hydrogens is 188 g/mol. The van der Waals surface area contributed by atoms with Gasteiger partial charge in [-0.05, 0) is 30.9 Å². The zero-order valence-electron chi connectivity index (χ0n) is 9.04. The van der Waals surface area contributed by atoms with Crippen LogP contribution in [0.15, 0.2) is 22.8 Å². The topological polar surface area (TPSA) is 22.4 Å². The number of aryl methyl sites for hydroxylation is 1. The van der Waals surface area contributed by atoms with Crippen molar-refractivity contribution in [2.75, 3.05) is 7.11 Å². The molecule has 2 aromatic rings. The SMILES string of the molecule is COc1ccc2occ3c2c1CCC3C. The number of hydrogen-bond donors (Lipinski definition) is 0. The molecule has 1 aromatic heterocycles. The van der Waals surface area contributed by atoms with E-state index in [1.807, 2.05) is 18.4 Å². The minimum absolute atomic E-state index is 0.603. The number of hydrogen-bond acceptors (Lipinski definition) is 2. The van der Waals surface area contributed by atoms with Crippen LogP contribution in [0.5, 0.6) is 5.75 Å². The van der Waals surface area contributed by atoms with E-state index < -0.39 is 0 Å². The zero-order chi connectivity index (χ0) is 10.4. The van der Waals surface area contributed by atoms with Crippen molar-refractivity contribution in [1.82, 2.24) is 0 Å². The predicted molar refractivity (Wildman–Crippen MR) is 59.5 cm³/mol. The molecule has 0 fully saturated rings. The van der Waals surface area contributed by atoms with Crippen LogP contribution in [0.4, 0.5) is 0 Å². The zero-order valence-corrected chi connectivity index (χ0v) is 9.04. The van der Waals surface area contributed by atoms with Gasteiger partial charge >= 0.3 is 0 Å². The van der Waals surface area contributed by atoms with Crippen LogP contribution in [-0.4, -0.2) is 7.11 Å². The van der Waals surface area contributed by atoms with E-state index >= 15 is 0 Å². The molecule has 0 bridgehead atoms. The first kappa shape index (κ1) is 8.84. The lowest BCUT2D eigenvalue weighted by molar-refractivity contribution is 0.408. The van der Waals surface area contributed by atoms with E-state index in [9.17, 15) is 0 Å². The Morgan fingerprint density at radius 1 is 1.40 bits per heavy atom. The molecule has 1 atom stereocenters. The van der Waals surface area contributed by atoms with Crippen molar-refractivity contribution in [3.8, 4) is 5.75 Å².